The Bertz CT molecular complexity index is 779. The molecule has 0 bridgehead atoms. The second kappa shape index (κ2) is 8.37. The number of carboxylic acids is 1. The van der Waals surface area contributed by atoms with E-state index in [4.69, 9.17) is 14.6 Å². The Morgan fingerprint density at radius 2 is 1.96 bits per heavy atom. The largest absolute Gasteiger partial charge is 0.493 e. The van der Waals surface area contributed by atoms with Gasteiger partial charge in [-0.3, -0.25) is 4.79 Å². The molecule has 1 aromatic rings. The maximum absolute atomic E-state index is 12.3. The number of ether oxygens (including phenoxy) is 2. The van der Waals surface area contributed by atoms with Crippen LogP contribution in [0.1, 0.15) is 19.3 Å². The van der Waals surface area contributed by atoms with Gasteiger partial charge < -0.3 is 19.5 Å². The first-order chi connectivity index (χ1) is 12.3. The van der Waals surface area contributed by atoms with Gasteiger partial charge in [0.25, 0.3) is 0 Å². The summed E-state index contributed by atoms with van der Waals surface area (Å²) in [6.45, 7) is 0.247. The van der Waals surface area contributed by atoms with E-state index in [0.717, 1.165) is 0 Å². The number of aliphatic carboxylic acids is 1. The summed E-state index contributed by atoms with van der Waals surface area (Å²) in [6.07, 6.45) is 0.925. The van der Waals surface area contributed by atoms with Gasteiger partial charge in [0.2, 0.25) is 15.9 Å². The predicted octanol–water partition coefficient (Wildman–Crippen LogP) is 0.448. The first kappa shape index (κ1) is 20.0. The Morgan fingerprint density at radius 3 is 2.58 bits per heavy atom. The summed E-state index contributed by atoms with van der Waals surface area (Å²) in [7, 11) is -0.998. The van der Waals surface area contributed by atoms with Crippen LogP contribution < -0.4 is 14.2 Å². The second-order valence-electron chi connectivity index (χ2n) is 5.75. The summed E-state index contributed by atoms with van der Waals surface area (Å²) >= 11 is 0. The normalized spacial score (nSPS) is 17.2. The van der Waals surface area contributed by atoms with Gasteiger partial charge >= 0.3 is 5.97 Å². The number of hydrogen-bond donors (Lipinski definition) is 2. The lowest BCUT2D eigenvalue weighted by atomic mass is 10.2. The van der Waals surface area contributed by atoms with Crippen LogP contribution in [0.2, 0.25) is 0 Å². The number of carbonyl (C=O) groups is 2. The van der Waals surface area contributed by atoms with E-state index in [1.165, 1.54) is 37.3 Å². The monoisotopic (exact) mass is 386 g/mol. The van der Waals surface area contributed by atoms with Crippen molar-refractivity contribution < 1.29 is 32.6 Å². The number of hydrogen-bond acceptors (Lipinski definition) is 6. The molecule has 1 fully saturated rings. The van der Waals surface area contributed by atoms with Crippen LogP contribution in [0.5, 0.6) is 11.5 Å². The molecular weight excluding hydrogens is 364 g/mol. The summed E-state index contributed by atoms with van der Waals surface area (Å²) in [5.41, 5.74) is 0. The zero-order valence-electron chi connectivity index (χ0n) is 14.6. The van der Waals surface area contributed by atoms with Crippen molar-refractivity contribution in [2.24, 2.45) is 0 Å². The Morgan fingerprint density at radius 1 is 1.27 bits per heavy atom. The van der Waals surface area contributed by atoms with Crippen molar-refractivity contribution in [1.82, 2.24) is 9.62 Å². The van der Waals surface area contributed by atoms with Crippen molar-refractivity contribution in [2.75, 3.05) is 27.3 Å². The van der Waals surface area contributed by atoms with E-state index < -0.39 is 22.0 Å². The van der Waals surface area contributed by atoms with Gasteiger partial charge in [0, 0.05) is 25.6 Å². The molecule has 1 atom stereocenters. The molecule has 1 heterocycles. The fraction of sp³-hybridized carbons (Fsp3) is 0.500. The van der Waals surface area contributed by atoms with Crippen LogP contribution in [0.15, 0.2) is 23.1 Å². The van der Waals surface area contributed by atoms with Crippen LogP contribution in [-0.4, -0.2) is 63.7 Å². The molecule has 144 valence electrons. The maximum atomic E-state index is 12.3. The minimum absolute atomic E-state index is 0.0211. The third kappa shape index (κ3) is 4.44. The molecule has 0 aromatic heterocycles. The predicted molar refractivity (Wildman–Crippen MR) is 91.7 cm³/mol. The van der Waals surface area contributed by atoms with Gasteiger partial charge in [-0.15, -0.1) is 0 Å². The van der Waals surface area contributed by atoms with E-state index in [-0.39, 0.29) is 29.5 Å². The Balaban J connectivity index is 1.98. The van der Waals surface area contributed by atoms with E-state index in [1.54, 1.807) is 0 Å². The molecule has 10 heteroatoms. The molecule has 2 rings (SSSR count). The highest BCUT2D eigenvalue weighted by molar-refractivity contribution is 7.89. The van der Waals surface area contributed by atoms with Crippen molar-refractivity contribution >= 4 is 21.9 Å². The van der Waals surface area contributed by atoms with E-state index in [1.807, 2.05) is 0 Å². The highest BCUT2D eigenvalue weighted by atomic mass is 32.2. The third-order valence-corrected chi connectivity index (χ3v) is 5.61. The van der Waals surface area contributed by atoms with Crippen LogP contribution in [0.25, 0.3) is 0 Å². The second-order valence-corrected chi connectivity index (χ2v) is 7.51. The summed E-state index contributed by atoms with van der Waals surface area (Å²) < 4.78 is 37.2. The van der Waals surface area contributed by atoms with Gasteiger partial charge in [0.05, 0.1) is 19.1 Å². The third-order valence-electron chi connectivity index (χ3n) is 4.15. The molecule has 1 amide bonds. The summed E-state index contributed by atoms with van der Waals surface area (Å²) in [6, 6.07) is 3.33. The number of benzene rings is 1. The van der Waals surface area contributed by atoms with Gasteiger partial charge in [-0.2, -0.15) is 0 Å². The maximum Gasteiger partial charge on any atom is 0.326 e. The van der Waals surface area contributed by atoms with Crippen molar-refractivity contribution in [3.63, 3.8) is 0 Å². The molecule has 1 aromatic carbocycles. The van der Waals surface area contributed by atoms with Gasteiger partial charge in [-0.25, -0.2) is 17.9 Å². The number of methoxy groups -OCH3 is 2. The lowest BCUT2D eigenvalue weighted by Gasteiger charge is -2.21. The highest BCUT2D eigenvalue weighted by Crippen LogP contribution is 2.29. The molecule has 0 radical (unpaired) electrons. The molecule has 0 spiro atoms. The Labute approximate surface area is 151 Å². The van der Waals surface area contributed by atoms with Crippen molar-refractivity contribution in [3.05, 3.63) is 18.2 Å². The number of carbonyl (C=O) groups excluding carboxylic acids is 1. The summed E-state index contributed by atoms with van der Waals surface area (Å²) in [4.78, 5) is 24.5. The van der Waals surface area contributed by atoms with E-state index >= 15 is 0 Å². The number of amides is 1. The standard InChI is InChI=1S/C16H22N2O7S/c1-24-13-6-5-11(10-14(13)25-2)26(22,23)17-8-7-15(19)18-9-3-4-12(18)16(20)21/h5-6,10,12,17H,3-4,7-9H2,1-2H3,(H,20,21)/t12-/m1/s1. The van der Waals surface area contributed by atoms with Gasteiger partial charge in [0.1, 0.15) is 6.04 Å². The smallest absolute Gasteiger partial charge is 0.326 e. The molecular formula is C16H22N2O7S. The number of likely N-dealkylation sites (tertiary alicyclic amines) is 1. The Kier molecular flexibility index (Phi) is 6.43. The van der Waals surface area contributed by atoms with Crippen molar-refractivity contribution in [1.29, 1.82) is 0 Å². The lowest BCUT2D eigenvalue weighted by Crippen LogP contribution is -2.41. The minimum atomic E-state index is -3.84. The first-order valence-corrected chi connectivity index (χ1v) is 9.52. The number of rotatable bonds is 8. The molecule has 1 saturated heterocycles. The van der Waals surface area contributed by atoms with Crippen molar-refractivity contribution in [3.8, 4) is 11.5 Å². The van der Waals surface area contributed by atoms with Gasteiger partial charge in [-0.1, -0.05) is 0 Å². The molecule has 0 unspecified atom stereocenters. The van der Waals surface area contributed by atoms with Gasteiger partial charge in [-0.05, 0) is 25.0 Å². The summed E-state index contributed by atoms with van der Waals surface area (Å²) in [5.74, 6) is -0.755. The van der Waals surface area contributed by atoms with Crippen LogP contribution in [0.4, 0.5) is 0 Å². The molecule has 26 heavy (non-hydrogen) atoms. The van der Waals surface area contributed by atoms with E-state index in [0.29, 0.717) is 25.1 Å². The van der Waals surface area contributed by atoms with Crippen LogP contribution in [-0.2, 0) is 19.6 Å². The SMILES string of the molecule is COc1ccc(S(=O)(=O)NCCC(=O)N2CCC[C@@H]2C(=O)O)cc1OC. The topological polar surface area (TPSA) is 122 Å². The molecule has 0 saturated carbocycles. The minimum Gasteiger partial charge on any atom is -0.493 e. The zero-order chi connectivity index (χ0) is 19.3. The molecule has 1 aliphatic rings. The van der Waals surface area contributed by atoms with Crippen LogP contribution in [0.3, 0.4) is 0 Å². The highest BCUT2D eigenvalue weighted by Gasteiger charge is 2.33. The van der Waals surface area contributed by atoms with E-state index in [9.17, 15) is 18.0 Å². The number of carboxylic acid groups (broad SMARTS) is 1. The number of nitrogens with zero attached hydrogens (tertiary/aromatic N) is 1. The lowest BCUT2D eigenvalue weighted by molar-refractivity contribution is -0.148. The number of sulfonamides is 1. The van der Waals surface area contributed by atoms with Crippen molar-refractivity contribution in [2.45, 2.75) is 30.2 Å². The first-order valence-electron chi connectivity index (χ1n) is 8.04. The zero-order valence-corrected chi connectivity index (χ0v) is 15.4. The molecule has 2 N–H and O–H groups in total. The summed E-state index contributed by atoms with van der Waals surface area (Å²) in [5, 5.41) is 9.10. The van der Waals surface area contributed by atoms with Gasteiger partial charge in [0.15, 0.2) is 11.5 Å². The average Bonchev–Trinajstić information content (AvgIpc) is 3.11. The number of nitrogens with one attached hydrogen (secondary N) is 1. The molecule has 0 aliphatic carbocycles. The van der Waals surface area contributed by atoms with Crippen LogP contribution in [0, 0.1) is 0 Å². The van der Waals surface area contributed by atoms with Crippen LogP contribution >= 0.6 is 0 Å². The quantitative estimate of drug-likeness (QED) is 0.665. The van der Waals surface area contributed by atoms with E-state index in [2.05, 4.69) is 4.72 Å². The fourth-order valence-electron chi connectivity index (χ4n) is 2.82. The average molecular weight is 386 g/mol. The Hall–Kier alpha value is -2.33. The molecule has 9 nitrogen and oxygen atoms in total. The fourth-order valence-corrected chi connectivity index (χ4v) is 3.87. The molecule has 1 aliphatic heterocycles.